The van der Waals surface area contributed by atoms with E-state index in [4.69, 9.17) is 5.73 Å². The molecule has 0 aliphatic carbocycles. The zero-order chi connectivity index (χ0) is 11.3. The van der Waals surface area contributed by atoms with Crippen molar-refractivity contribution in [1.82, 2.24) is 10.3 Å². The van der Waals surface area contributed by atoms with E-state index in [1.165, 1.54) is 0 Å². The maximum atomic E-state index is 11.7. The van der Waals surface area contributed by atoms with E-state index in [1.54, 1.807) is 24.5 Å². The van der Waals surface area contributed by atoms with E-state index in [-0.39, 0.29) is 23.9 Å². The number of nitrogens with zero attached hydrogens (tertiary/aromatic N) is 1. The summed E-state index contributed by atoms with van der Waals surface area (Å²) in [7, 11) is 0. The van der Waals surface area contributed by atoms with E-state index in [2.05, 4.69) is 10.3 Å². The highest BCUT2D eigenvalue weighted by molar-refractivity contribution is 5.94. The van der Waals surface area contributed by atoms with E-state index >= 15 is 0 Å². The van der Waals surface area contributed by atoms with Gasteiger partial charge in [-0.15, -0.1) is 12.4 Å². The molecule has 0 aliphatic rings. The van der Waals surface area contributed by atoms with Gasteiger partial charge in [-0.05, 0) is 38.9 Å². The van der Waals surface area contributed by atoms with Crippen LogP contribution in [0.4, 0.5) is 0 Å². The first-order chi connectivity index (χ1) is 7.05. The quantitative estimate of drug-likeness (QED) is 0.839. The summed E-state index contributed by atoms with van der Waals surface area (Å²) in [5, 5.41) is 2.91. The van der Waals surface area contributed by atoms with Gasteiger partial charge in [0.1, 0.15) is 0 Å². The molecule has 16 heavy (non-hydrogen) atoms. The number of halogens is 1. The normalized spacial score (nSPS) is 10.4. The van der Waals surface area contributed by atoms with Crippen LogP contribution in [0.25, 0.3) is 0 Å². The summed E-state index contributed by atoms with van der Waals surface area (Å²) < 4.78 is 0. The van der Waals surface area contributed by atoms with Crippen LogP contribution in [0.3, 0.4) is 0 Å². The number of carbonyl (C=O) groups excluding carboxylic acids is 1. The van der Waals surface area contributed by atoms with Crippen molar-refractivity contribution < 1.29 is 4.79 Å². The third kappa shape index (κ3) is 4.59. The van der Waals surface area contributed by atoms with E-state index in [0.29, 0.717) is 12.1 Å². The molecule has 1 heterocycles. The first kappa shape index (κ1) is 14.9. The van der Waals surface area contributed by atoms with Gasteiger partial charge in [-0.3, -0.25) is 9.78 Å². The van der Waals surface area contributed by atoms with Crippen molar-refractivity contribution in [3.8, 4) is 0 Å². The van der Waals surface area contributed by atoms with Crippen LogP contribution in [0.15, 0.2) is 24.5 Å². The van der Waals surface area contributed by atoms with Crippen LogP contribution in [0, 0.1) is 0 Å². The van der Waals surface area contributed by atoms with Crippen molar-refractivity contribution in [2.75, 3.05) is 6.54 Å². The van der Waals surface area contributed by atoms with Crippen molar-refractivity contribution in [2.24, 2.45) is 5.73 Å². The molecule has 1 aromatic rings. The van der Waals surface area contributed by atoms with Gasteiger partial charge in [0.05, 0.1) is 5.56 Å². The minimum atomic E-state index is -0.276. The minimum absolute atomic E-state index is 0. The van der Waals surface area contributed by atoms with Gasteiger partial charge < -0.3 is 11.1 Å². The third-order valence-electron chi connectivity index (χ3n) is 2.14. The van der Waals surface area contributed by atoms with Crippen molar-refractivity contribution in [1.29, 1.82) is 0 Å². The van der Waals surface area contributed by atoms with Crippen LogP contribution < -0.4 is 11.1 Å². The Morgan fingerprint density at radius 3 is 2.75 bits per heavy atom. The molecule has 1 rings (SSSR count). The average Bonchev–Trinajstić information content (AvgIpc) is 2.18. The van der Waals surface area contributed by atoms with E-state index < -0.39 is 0 Å². The van der Waals surface area contributed by atoms with Crippen molar-refractivity contribution in [3.63, 3.8) is 0 Å². The fourth-order valence-electron chi connectivity index (χ4n) is 1.30. The van der Waals surface area contributed by atoms with Crippen LogP contribution in [-0.4, -0.2) is 23.0 Å². The molecule has 1 aromatic heterocycles. The summed E-state index contributed by atoms with van der Waals surface area (Å²) in [6, 6.07) is 3.48. The largest absolute Gasteiger partial charge is 0.347 e. The molecule has 0 aromatic carbocycles. The van der Waals surface area contributed by atoms with Crippen LogP contribution >= 0.6 is 12.4 Å². The van der Waals surface area contributed by atoms with E-state index in [1.807, 2.05) is 13.8 Å². The number of pyridine rings is 1. The lowest BCUT2D eigenvalue weighted by molar-refractivity contribution is 0.0910. The average molecular weight is 244 g/mol. The van der Waals surface area contributed by atoms with Gasteiger partial charge in [0.25, 0.3) is 5.91 Å². The second-order valence-corrected chi connectivity index (χ2v) is 4.12. The monoisotopic (exact) mass is 243 g/mol. The molecule has 0 unspecified atom stereocenters. The summed E-state index contributed by atoms with van der Waals surface area (Å²) in [5.41, 5.74) is 5.76. The van der Waals surface area contributed by atoms with Crippen molar-refractivity contribution in [2.45, 2.75) is 25.8 Å². The Labute approximate surface area is 102 Å². The topological polar surface area (TPSA) is 68.0 Å². The molecule has 5 heteroatoms. The summed E-state index contributed by atoms with van der Waals surface area (Å²) in [6.45, 7) is 4.46. The Hall–Kier alpha value is -1.13. The lowest BCUT2D eigenvalue weighted by Crippen LogP contribution is -2.44. The highest BCUT2D eigenvalue weighted by Crippen LogP contribution is 2.08. The predicted molar refractivity (Wildman–Crippen MR) is 66.7 cm³/mol. The fraction of sp³-hybridized carbons (Fsp3) is 0.455. The molecule has 1 amide bonds. The number of nitrogens with two attached hydrogens (primary N) is 1. The highest BCUT2D eigenvalue weighted by Gasteiger charge is 2.19. The van der Waals surface area contributed by atoms with Gasteiger partial charge in [-0.2, -0.15) is 0 Å². The Morgan fingerprint density at radius 1 is 1.56 bits per heavy atom. The van der Waals surface area contributed by atoms with Gasteiger partial charge in [-0.25, -0.2) is 0 Å². The maximum Gasteiger partial charge on any atom is 0.253 e. The Balaban J connectivity index is 0.00000225. The molecule has 0 spiro atoms. The maximum absolute atomic E-state index is 11.7. The molecule has 0 fully saturated rings. The first-order valence-corrected chi connectivity index (χ1v) is 4.98. The van der Waals surface area contributed by atoms with Crippen molar-refractivity contribution >= 4 is 18.3 Å². The molecule has 3 N–H and O–H groups in total. The summed E-state index contributed by atoms with van der Waals surface area (Å²) in [5.74, 6) is -0.110. The number of rotatable bonds is 4. The lowest BCUT2D eigenvalue weighted by atomic mass is 10.0. The number of hydrogen-bond acceptors (Lipinski definition) is 3. The Morgan fingerprint density at radius 2 is 2.25 bits per heavy atom. The summed E-state index contributed by atoms with van der Waals surface area (Å²) in [4.78, 5) is 15.6. The SMILES string of the molecule is CC(C)(CCN)NC(=O)c1cccnc1.Cl. The van der Waals surface area contributed by atoms with Gasteiger partial charge in [0.15, 0.2) is 0 Å². The molecule has 0 aliphatic heterocycles. The molecule has 0 atom stereocenters. The number of carbonyl (C=O) groups is 1. The van der Waals surface area contributed by atoms with Crippen molar-refractivity contribution in [3.05, 3.63) is 30.1 Å². The number of amides is 1. The third-order valence-corrected chi connectivity index (χ3v) is 2.14. The molecular weight excluding hydrogens is 226 g/mol. The predicted octanol–water partition coefficient (Wildman–Crippen LogP) is 1.36. The van der Waals surface area contributed by atoms with Gasteiger partial charge >= 0.3 is 0 Å². The number of aromatic nitrogens is 1. The van der Waals surface area contributed by atoms with Crippen LogP contribution in [0.2, 0.25) is 0 Å². The van der Waals surface area contributed by atoms with Gasteiger partial charge in [0.2, 0.25) is 0 Å². The lowest BCUT2D eigenvalue weighted by Gasteiger charge is -2.25. The van der Waals surface area contributed by atoms with Gasteiger partial charge in [0, 0.05) is 17.9 Å². The van der Waals surface area contributed by atoms with E-state index in [0.717, 1.165) is 6.42 Å². The molecule has 0 saturated carbocycles. The minimum Gasteiger partial charge on any atom is -0.347 e. The zero-order valence-corrected chi connectivity index (χ0v) is 10.4. The Bertz CT molecular complexity index is 327. The van der Waals surface area contributed by atoms with Crippen LogP contribution in [-0.2, 0) is 0 Å². The summed E-state index contributed by atoms with van der Waals surface area (Å²) >= 11 is 0. The van der Waals surface area contributed by atoms with Crippen LogP contribution in [0.1, 0.15) is 30.6 Å². The van der Waals surface area contributed by atoms with Crippen LogP contribution in [0.5, 0.6) is 0 Å². The van der Waals surface area contributed by atoms with E-state index in [9.17, 15) is 4.79 Å². The molecular formula is C11H18ClN3O. The second-order valence-electron chi connectivity index (χ2n) is 4.12. The summed E-state index contributed by atoms with van der Waals surface area (Å²) in [6.07, 6.45) is 3.94. The van der Waals surface area contributed by atoms with Gasteiger partial charge in [-0.1, -0.05) is 0 Å². The molecule has 0 bridgehead atoms. The second kappa shape index (κ2) is 6.45. The fourth-order valence-corrected chi connectivity index (χ4v) is 1.30. The zero-order valence-electron chi connectivity index (χ0n) is 9.56. The molecule has 0 radical (unpaired) electrons. The number of nitrogens with one attached hydrogen (secondary N) is 1. The highest BCUT2D eigenvalue weighted by atomic mass is 35.5. The molecule has 4 nitrogen and oxygen atoms in total. The molecule has 0 saturated heterocycles. The number of hydrogen-bond donors (Lipinski definition) is 2. The molecule has 90 valence electrons. The Kier molecular flexibility index (Phi) is 6.00. The first-order valence-electron chi connectivity index (χ1n) is 4.98. The standard InChI is InChI=1S/C11H17N3O.ClH/c1-11(2,5-6-12)14-10(15)9-4-3-7-13-8-9;/h3-4,7-8H,5-6,12H2,1-2H3,(H,14,15);1H. The smallest absolute Gasteiger partial charge is 0.253 e.